The Morgan fingerprint density at radius 1 is 1.00 bits per heavy atom. The van der Waals surface area contributed by atoms with Gasteiger partial charge in [-0.2, -0.15) is 12.5 Å². The summed E-state index contributed by atoms with van der Waals surface area (Å²) < 4.78 is 4.08. The van der Waals surface area contributed by atoms with Crippen molar-refractivity contribution in [3.63, 3.8) is 0 Å². The minimum atomic E-state index is 0. The molecule has 5 aromatic rings. The summed E-state index contributed by atoms with van der Waals surface area (Å²) in [7, 11) is 4.33. The van der Waals surface area contributed by atoms with E-state index in [9.17, 15) is 9.90 Å². The zero-order valence-corrected chi connectivity index (χ0v) is 30.3. The number of carbonyl (C=O) groups is 1. The maximum atomic E-state index is 11.7. The number of pyridine rings is 1. The summed E-state index contributed by atoms with van der Waals surface area (Å²) in [6.45, 7) is 19.3. The van der Waals surface area contributed by atoms with Gasteiger partial charge in [-0.1, -0.05) is 106 Å². The maximum Gasteiger partial charge on any atom is 0.247 e. The predicted molar refractivity (Wildman–Crippen MR) is 181 cm³/mol. The van der Waals surface area contributed by atoms with Crippen LogP contribution in [0.1, 0.15) is 85.3 Å². The summed E-state index contributed by atoms with van der Waals surface area (Å²) in [6, 6.07) is 17.1. The van der Waals surface area contributed by atoms with E-state index < -0.39 is 0 Å². The van der Waals surface area contributed by atoms with Gasteiger partial charge in [-0.25, -0.2) is 3.79 Å². The van der Waals surface area contributed by atoms with Gasteiger partial charge >= 0.3 is 0 Å². The number of benzene rings is 2. The molecule has 0 atom stereocenters. The van der Waals surface area contributed by atoms with E-state index in [1.165, 1.54) is 22.4 Å². The number of fused-ring (bicyclic) bond motifs is 4. The Hall–Kier alpha value is -3.12. The fourth-order valence-electron chi connectivity index (χ4n) is 5.80. The number of imidazole rings is 1. The van der Waals surface area contributed by atoms with Crippen molar-refractivity contribution in [2.24, 2.45) is 11.8 Å². The summed E-state index contributed by atoms with van der Waals surface area (Å²) in [5.41, 5.74) is 7.42. The van der Waals surface area contributed by atoms with E-state index in [-0.39, 0.29) is 48.9 Å². The van der Waals surface area contributed by atoms with Crippen LogP contribution in [0.3, 0.4) is 0 Å². The van der Waals surface area contributed by atoms with Gasteiger partial charge in [-0.3, -0.25) is 4.79 Å². The van der Waals surface area contributed by atoms with Crippen molar-refractivity contribution in [2.45, 2.75) is 79.6 Å². The van der Waals surface area contributed by atoms with Crippen molar-refractivity contribution >= 4 is 44.9 Å². The van der Waals surface area contributed by atoms with Crippen LogP contribution >= 0.6 is 11.5 Å². The quantitative estimate of drug-likeness (QED) is 0.0738. The van der Waals surface area contributed by atoms with Crippen LogP contribution in [0.2, 0.25) is 0 Å². The predicted octanol–water partition coefficient (Wildman–Crippen LogP) is 9.64. The van der Waals surface area contributed by atoms with Crippen LogP contribution in [-0.4, -0.2) is 19.7 Å². The molecule has 1 radical (unpaired) electrons. The molecule has 0 fully saturated rings. The van der Waals surface area contributed by atoms with Gasteiger partial charge in [0.15, 0.2) is 5.78 Å². The van der Waals surface area contributed by atoms with Gasteiger partial charge in [0, 0.05) is 49.5 Å². The second-order valence-electron chi connectivity index (χ2n) is 12.3. The second kappa shape index (κ2) is 14.8. The van der Waals surface area contributed by atoms with Crippen LogP contribution in [0.15, 0.2) is 65.7 Å². The van der Waals surface area contributed by atoms with Crippen molar-refractivity contribution in [1.29, 1.82) is 0 Å². The van der Waals surface area contributed by atoms with Crippen LogP contribution < -0.4 is 4.57 Å². The molecular formula is C37H46IrN3O2S-. The first kappa shape index (κ1) is 35.4. The second-order valence-corrected chi connectivity index (χ2v) is 13.1. The number of allylic oxidation sites excluding steroid dienone is 2. The summed E-state index contributed by atoms with van der Waals surface area (Å²) in [4.78, 5) is 16.5. The van der Waals surface area contributed by atoms with E-state index >= 15 is 0 Å². The zero-order chi connectivity index (χ0) is 31.5. The third-order valence-corrected chi connectivity index (χ3v) is 9.38. The van der Waals surface area contributed by atoms with Crippen LogP contribution in [0.5, 0.6) is 0 Å². The third-order valence-electron chi connectivity index (χ3n) is 8.53. The molecule has 0 bridgehead atoms. The number of nitrogens with zero attached hydrogens (tertiary/aromatic N) is 3. The number of carbonyl (C=O) groups excluding carboxylic acids is 1. The normalized spacial score (nSPS) is 12.2. The molecule has 7 heteroatoms. The molecule has 0 unspecified atom stereocenters. The molecular weight excluding hydrogens is 743 g/mol. The van der Waals surface area contributed by atoms with Gasteiger partial charge in [-0.05, 0) is 43.8 Å². The van der Waals surface area contributed by atoms with Crippen LogP contribution in [0.4, 0.5) is 0 Å². The summed E-state index contributed by atoms with van der Waals surface area (Å²) in [6.07, 6.45) is 4.91. The first-order valence-electron chi connectivity index (χ1n) is 15.4. The van der Waals surface area contributed by atoms with Crippen molar-refractivity contribution < 1.29 is 34.6 Å². The van der Waals surface area contributed by atoms with E-state index in [1.54, 1.807) is 11.5 Å². The molecule has 0 aliphatic heterocycles. The molecule has 0 amide bonds. The molecule has 3 aromatic heterocycles. The first-order chi connectivity index (χ1) is 20.5. The van der Waals surface area contributed by atoms with Crippen molar-refractivity contribution in [3.05, 3.63) is 90.8 Å². The SMILES string of the molecule is CCC(CC)C(=O)/C=C(\O)C(CC)CC.[CH2-]c1c(-c2ccc3c(nc4ccsn43)[n+]2[CH2-])cc(C(C)(C)C)c2ccccc12.[Ir]. The van der Waals surface area contributed by atoms with Crippen molar-refractivity contribution in [3.8, 4) is 11.3 Å². The van der Waals surface area contributed by atoms with E-state index in [0.717, 1.165) is 59.3 Å². The molecule has 3 heterocycles. The van der Waals surface area contributed by atoms with E-state index in [4.69, 9.17) is 4.98 Å². The Bertz CT molecular complexity index is 1770. The molecule has 0 saturated heterocycles. The topological polar surface area (TPSA) is 58.5 Å². The molecule has 5 nitrogen and oxygen atoms in total. The number of ketones is 1. The van der Waals surface area contributed by atoms with Crippen LogP contribution in [-0.2, 0) is 30.3 Å². The monoisotopic (exact) mass is 789 g/mol. The zero-order valence-electron chi connectivity index (χ0n) is 27.1. The Morgan fingerprint density at radius 3 is 2.20 bits per heavy atom. The fraction of sp³-hybridized carbons (Fsp3) is 0.378. The van der Waals surface area contributed by atoms with E-state index in [0.29, 0.717) is 0 Å². The van der Waals surface area contributed by atoms with Crippen molar-refractivity contribution in [2.75, 3.05) is 0 Å². The van der Waals surface area contributed by atoms with E-state index in [1.807, 2.05) is 38.3 Å². The molecule has 0 spiro atoms. The Labute approximate surface area is 280 Å². The third kappa shape index (κ3) is 7.06. The summed E-state index contributed by atoms with van der Waals surface area (Å²) >= 11 is 1.65. The van der Waals surface area contributed by atoms with Gasteiger partial charge in [0.25, 0.3) is 0 Å². The Morgan fingerprint density at radius 2 is 1.61 bits per heavy atom. The number of hydrogen-bond acceptors (Lipinski definition) is 4. The molecule has 0 aliphatic carbocycles. The summed E-state index contributed by atoms with van der Waals surface area (Å²) in [5.74, 6) is 0.547. The molecule has 1 N–H and O–H groups in total. The average Bonchev–Trinajstić information content (AvgIpc) is 3.58. The number of rotatable bonds is 8. The van der Waals surface area contributed by atoms with Gasteiger partial charge in [0.1, 0.15) is 0 Å². The smallest absolute Gasteiger partial charge is 0.247 e. The average molecular weight is 789 g/mol. The largest absolute Gasteiger partial charge is 0.512 e. The molecule has 0 aliphatic rings. The summed E-state index contributed by atoms with van der Waals surface area (Å²) in [5, 5.41) is 14.3. The Kier molecular flexibility index (Phi) is 11.9. The molecule has 2 aromatic carbocycles. The maximum absolute atomic E-state index is 11.7. The number of aliphatic hydroxyl groups excluding tert-OH is 1. The van der Waals surface area contributed by atoms with Crippen molar-refractivity contribution in [1.82, 2.24) is 8.77 Å². The van der Waals surface area contributed by atoms with Gasteiger partial charge < -0.3 is 9.67 Å². The molecule has 44 heavy (non-hydrogen) atoms. The standard InChI is InChI=1S/C24H22N3S.C13H24O2.Ir/c1-15-16-8-6-7-9-17(16)19(24(2,3)4)14-18(15)20-10-11-21-23(26(20)5)25-22-12-13-28-27(21)22;1-5-10(6-2)12(14)9-13(15)11(7-3)8-4;/h6-14H,1,5H2,2-4H3;9-11,14H,5-8H2,1-4H3;/q-1;;/b;12-9-;. The first-order valence-corrected chi connectivity index (χ1v) is 16.2. The molecule has 5 rings (SSSR count). The van der Waals surface area contributed by atoms with Crippen LogP contribution in [0.25, 0.3) is 38.8 Å². The van der Waals surface area contributed by atoms with E-state index in [2.05, 4.69) is 86.4 Å². The number of hydrogen-bond donors (Lipinski definition) is 1. The fourth-order valence-corrected chi connectivity index (χ4v) is 6.57. The molecule has 237 valence electrons. The van der Waals surface area contributed by atoms with Gasteiger partial charge in [-0.15, -0.1) is 23.1 Å². The number of aliphatic hydroxyl groups is 1. The Balaban J connectivity index is 0.000000286. The minimum Gasteiger partial charge on any atom is -0.512 e. The number of aromatic nitrogens is 3. The minimum absolute atomic E-state index is 0. The van der Waals surface area contributed by atoms with Gasteiger partial charge in [0.2, 0.25) is 11.3 Å². The van der Waals surface area contributed by atoms with Gasteiger partial charge in [0.05, 0.1) is 11.3 Å². The molecule has 0 saturated carbocycles. The van der Waals surface area contributed by atoms with Crippen LogP contribution in [0, 0.1) is 25.8 Å².